The molecular weight excluding hydrogens is 302 g/mol. The Labute approximate surface area is 140 Å². The highest BCUT2D eigenvalue weighted by Crippen LogP contribution is 1.91. The zero-order chi connectivity index (χ0) is 17.2. The van der Waals surface area contributed by atoms with Crippen molar-refractivity contribution < 1.29 is 28.5 Å². The van der Waals surface area contributed by atoms with Gasteiger partial charge in [-0.25, -0.2) is 0 Å². The van der Waals surface area contributed by atoms with Crippen molar-refractivity contribution in [3.8, 4) is 0 Å². The first kappa shape index (κ1) is 22.3. The van der Waals surface area contributed by atoms with Crippen molar-refractivity contribution in [3.05, 3.63) is 0 Å². The maximum absolute atomic E-state index is 11.1. The van der Waals surface area contributed by atoms with Crippen molar-refractivity contribution in [2.75, 3.05) is 80.1 Å². The zero-order valence-electron chi connectivity index (χ0n) is 14.9. The predicted molar refractivity (Wildman–Crippen MR) is 87.7 cm³/mol. The quantitative estimate of drug-likeness (QED) is 0.290. The van der Waals surface area contributed by atoms with Crippen molar-refractivity contribution >= 4 is 5.97 Å². The second-order valence-corrected chi connectivity index (χ2v) is 5.22. The molecule has 23 heavy (non-hydrogen) atoms. The minimum atomic E-state index is -0.171. The smallest absolute Gasteiger partial charge is 0.305 e. The molecule has 7 heteroatoms. The SMILES string of the molecule is CCCC(=O)OCCOCCOCCOCCOCCN(C)C. The fourth-order valence-corrected chi connectivity index (χ4v) is 1.50. The van der Waals surface area contributed by atoms with Crippen LogP contribution in [-0.4, -0.2) is 91.0 Å². The summed E-state index contributed by atoms with van der Waals surface area (Å²) in [4.78, 5) is 13.1. The number of esters is 1. The third-order valence-corrected chi connectivity index (χ3v) is 2.74. The van der Waals surface area contributed by atoms with Crippen LogP contribution in [-0.2, 0) is 28.5 Å². The van der Waals surface area contributed by atoms with E-state index in [1.807, 2.05) is 21.0 Å². The second kappa shape index (κ2) is 17.6. The molecule has 0 aromatic heterocycles. The number of likely N-dealkylation sites (N-methyl/N-ethyl adjacent to an activating group) is 1. The third-order valence-electron chi connectivity index (χ3n) is 2.74. The average Bonchev–Trinajstić information content (AvgIpc) is 2.51. The van der Waals surface area contributed by atoms with E-state index in [4.69, 9.17) is 23.7 Å². The minimum Gasteiger partial charge on any atom is -0.463 e. The lowest BCUT2D eigenvalue weighted by atomic mass is 10.3. The van der Waals surface area contributed by atoms with Crippen LogP contribution in [0.4, 0.5) is 0 Å². The van der Waals surface area contributed by atoms with Crippen molar-refractivity contribution in [1.82, 2.24) is 4.90 Å². The van der Waals surface area contributed by atoms with E-state index < -0.39 is 0 Å². The van der Waals surface area contributed by atoms with Gasteiger partial charge in [0.25, 0.3) is 0 Å². The summed E-state index contributed by atoms with van der Waals surface area (Å²) in [6, 6.07) is 0. The summed E-state index contributed by atoms with van der Waals surface area (Å²) in [5.41, 5.74) is 0. The molecule has 0 heterocycles. The summed E-state index contributed by atoms with van der Waals surface area (Å²) in [5, 5.41) is 0. The molecular formula is C16H33NO6. The van der Waals surface area contributed by atoms with E-state index in [1.54, 1.807) is 0 Å². The predicted octanol–water partition coefficient (Wildman–Crippen LogP) is 0.958. The molecule has 0 saturated heterocycles. The van der Waals surface area contributed by atoms with Gasteiger partial charge in [-0.15, -0.1) is 0 Å². The molecule has 0 aliphatic carbocycles. The minimum absolute atomic E-state index is 0.171. The zero-order valence-corrected chi connectivity index (χ0v) is 14.9. The molecule has 0 aliphatic rings. The Kier molecular flexibility index (Phi) is 17.1. The van der Waals surface area contributed by atoms with Crippen LogP contribution in [0.2, 0.25) is 0 Å². The van der Waals surface area contributed by atoms with Crippen LogP contribution < -0.4 is 0 Å². The summed E-state index contributed by atoms with van der Waals surface area (Å²) in [6.07, 6.45) is 1.27. The molecule has 0 aromatic rings. The van der Waals surface area contributed by atoms with Gasteiger partial charge in [-0.1, -0.05) is 6.92 Å². The Morgan fingerprint density at radius 3 is 1.61 bits per heavy atom. The molecule has 7 nitrogen and oxygen atoms in total. The molecule has 0 amide bonds. The fourth-order valence-electron chi connectivity index (χ4n) is 1.50. The molecule has 138 valence electrons. The topological polar surface area (TPSA) is 66.5 Å². The lowest BCUT2D eigenvalue weighted by Crippen LogP contribution is -2.19. The number of hydrogen-bond acceptors (Lipinski definition) is 7. The summed E-state index contributed by atoms with van der Waals surface area (Å²) in [7, 11) is 4.03. The molecule has 0 aliphatic heterocycles. The largest absolute Gasteiger partial charge is 0.463 e. The van der Waals surface area contributed by atoms with Gasteiger partial charge in [0.1, 0.15) is 6.61 Å². The number of rotatable bonds is 17. The molecule has 0 atom stereocenters. The number of carbonyl (C=O) groups excluding carboxylic acids is 1. The Balaban J connectivity index is 3.04. The highest BCUT2D eigenvalue weighted by Gasteiger charge is 1.99. The van der Waals surface area contributed by atoms with E-state index in [2.05, 4.69) is 4.90 Å². The van der Waals surface area contributed by atoms with Gasteiger partial charge in [-0.05, 0) is 20.5 Å². The van der Waals surface area contributed by atoms with E-state index >= 15 is 0 Å². The van der Waals surface area contributed by atoms with Gasteiger partial charge in [-0.2, -0.15) is 0 Å². The van der Waals surface area contributed by atoms with Gasteiger partial charge in [0.05, 0.1) is 52.9 Å². The molecule has 0 radical (unpaired) electrons. The first-order chi connectivity index (χ1) is 11.2. The van der Waals surface area contributed by atoms with E-state index in [-0.39, 0.29) is 5.97 Å². The van der Waals surface area contributed by atoms with Gasteiger partial charge in [0.15, 0.2) is 0 Å². The molecule has 0 unspecified atom stereocenters. The van der Waals surface area contributed by atoms with E-state index in [0.717, 1.165) is 19.6 Å². The first-order valence-corrected chi connectivity index (χ1v) is 8.28. The van der Waals surface area contributed by atoms with E-state index in [1.165, 1.54) is 0 Å². The van der Waals surface area contributed by atoms with Crippen LogP contribution in [0.15, 0.2) is 0 Å². The fraction of sp³-hybridized carbons (Fsp3) is 0.938. The third kappa shape index (κ3) is 19.2. The highest BCUT2D eigenvalue weighted by atomic mass is 16.6. The molecule has 0 rings (SSSR count). The Morgan fingerprint density at radius 1 is 0.739 bits per heavy atom. The maximum atomic E-state index is 11.1. The number of carbonyl (C=O) groups is 1. The van der Waals surface area contributed by atoms with Gasteiger partial charge in [-0.3, -0.25) is 4.79 Å². The molecule has 0 saturated carbocycles. The van der Waals surface area contributed by atoms with Crippen LogP contribution in [0.5, 0.6) is 0 Å². The van der Waals surface area contributed by atoms with Crippen LogP contribution in [0.3, 0.4) is 0 Å². The second-order valence-electron chi connectivity index (χ2n) is 5.22. The summed E-state index contributed by atoms with van der Waals surface area (Å²) >= 11 is 0. The highest BCUT2D eigenvalue weighted by molar-refractivity contribution is 5.69. The van der Waals surface area contributed by atoms with Gasteiger partial charge in [0, 0.05) is 13.0 Å². The molecule has 0 fully saturated rings. The summed E-state index contributed by atoms with van der Waals surface area (Å²) < 4.78 is 26.4. The number of hydrogen-bond donors (Lipinski definition) is 0. The van der Waals surface area contributed by atoms with Crippen LogP contribution in [0.25, 0.3) is 0 Å². The van der Waals surface area contributed by atoms with Crippen molar-refractivity contribution in [1.29, 1.82) is 0 Å². The number of nitrogens with zero attached hydrogens (tertiary/aromatic N) is 1. The summed E-state index contributed by atoms with van der Waals surface area (Å²) in [5.74, 6) is -0.171. The first-order valence-electron chi connectivity index (χ1n) is 8.28. The van der Waals surface area contributed by atoms with Gasteiger partial charge >= 0.3 is 5.97 Å². The maximum Gasteiger partial charge on any atom is 0.305 e. The molecule has 0 bridgehead atoms. The Bertz CT molecular complexity index is 263. The van der Waals surface area contributed by atoms with E-state index in [9.17, 15) is 4.79 Å². The Morgan fingerprint density at radius 2 is 1.17 bits per heavy atom. The van der Waals surface area contributed by atoms with Crippen molar-refractivity contribution in [2.24, 2.45) is 0 Å². The van der Waals surface area contributed by atoms with Crippen LogP contribution >= 0.6 is 0 Å². The molecule has 0 N–H and O–H groups in total. The normalized spacial score (nSPS) is 11.1. The number of ether oxygens (including phenoxy) is 5. The van der Waals surface area contributed by atoms with Crippen molar-refractivity contribution in [3.63, 3.8) is 0 Å². The molecule has 0 spiro atoms. The van der Waals surface area contributed by atoms with Gasteiger partial charge < -0.3 is 28.6 Å². The molecule has 0 aromatic carbocycles. The van der Waals surface area contributed by atoms with Crippen LogP contribution in [0.1, 0.15) is 19.8 Å². The lowest BCUT2D eigenvalue weighted by Gasteiger charge is -2.10. The monoisotopic (exact) mass is 335 g/mol. The van der Waals surface area contributed by atoms with E-state index in [0.29, 0.717) is 59.3 Å². The van der Waals surface area contributed by atoms with Crippen LogP contribution in [0, 0.1) is 0 Å². The Hall–Kier alpha value is -0.730. The van der Waals surface area contributed by atoms with Gasteiger partial charge in [0.2, 0.25) is 0 Å². The standard InChI is InChI=1S/C16H33NO6/c1-4-5-16(18)23-15-14-22-13-12-21-11-10-20-9-8-19-7-6-17(2)3/h4-15H2,1-3H3. The van der Waals surface area contributed by atoms with Crippen molar-refractivity contribution in [2.45, 2.75) is 19.8 Å². The average molecular weight is 335 g/mol. The lowest BCUT2D eigenvalue weighted by molar-refractivity contribution is -0.145. The summed E-state index contributed by atoms with van der Waals surface area (Å²) in [6.45, 7) is 7.54.